The molecule has 0 spiro atoms. The molecule has 0 aliphatic rings. The molecule has 1 N–H and O–H groups in total. The summed E-state index contributed by atoms with van der Waals surface area (Å²) in [6.07, 6.45) is -1.54. The van der Waals surface area contributed by atoms with E-state index < -0.39 is 11.7 Å². The average Bonchev–Trinajstić information content (AvgIpc) is 2.86. The van der Waals surface area contributed by atoms with Gasteiger partial charge in [-0.25, -0.2) is 0 Å². The molecule has 21 heavy (non-hydrogen) atoms. The molecule has 0 fully saturated rings. The van der Waals surface area contributed by atoms with Crippen molar-refractivity contribution in [1.82, 2.24) is 15.1 Å². The van der Waals surface area contributed by atoms with Gasteiger partial charge in [0, 0.05) is 12.1 Å². The molecule has 0 amide bonds. The second-order valence-electron chi connectivity index (χ2n) is 5.08. The summed E-state index contributed by atoms with van der Waals surface area (Å²) in [5.41, 5.74) is 1.81. The summed E-state index contributed by atoms with van der Waals surface area (Å²) in [5.74, 6) is 0. The van der Waals surface area contributed by atoms with Gasteiger partial charge in [0.05, 0.1) is 17.5 Å². The minimum Gasteiger partial charge on any atom is -0.302 e. The first-order valence-corrected chi connectivity index (χ1v) is 6.80. The first kappa shape index (κ1) is 15.6. The summed E-state index contributed by atoms with van der Waals surface area (Å²) < 4.78 is 37.7. The molecular formula is C15H18F3N3. The molecule has 0 atom stereocenters. The molecule has 2 aromatic rings. The van der Waals surface area contributed by atoms with Crippen LogP contribution in [0.25, 0.3) is 11.3 Å². The number of hydrogen-bond acceptors (Lipinski definition) is 2. The van der Waals surface area contributed by atoms with E-state index in [9.17, 15) is 13.2 Å². The van der Waals surface area contributed by atoms with Crippen molar-refractivity contribution < 1.29 is 13.2 Å². The largest absolute Gasteiger partial charge is 0.416 e. The lowest BCUT2D eigenvalue weighted by Gasteiger charge is -2.15. The van der Waals surface area contributed by atoms with Gasteiger partial charge >= 0.3 is 6.18 Å². The fourth-order valence-corrected chi connectivity index (χ4v) is 2.26. The van der Waals surface area contributed by atoms with Gasteiger partial charge in [-0.15, -0.1) is 0 Å². The number of nitrogens with one attached hydrogen (secondary N) is 1. The Morgan fingerprint density at radius 2 is 1.86 bits per heavy atom. The Labute approximate surface area is 121 Å². The van der Waals surface area contributed by atoms with E-state index in [0.29, 0.717) is 12.1 Å². The van der Waals surface area contributed by atoms with Crippen LogP contribution in [0.1, 0.15) is 24.5 Å². The Hall–Kier alpha value is -1.82. The second kappa shape index (κ2) is 6.30. The van der Waals surface area contributed by atoms with Crippen LogP contribution in [-0.2, 0) is 12.7 Å². The normalized spacial score (nSPS) is 12.1. The first-order valence-electron chi connectivity index (χ1n) is 6.80. The van der Waals surface area contributed by atoms with Crippen molar-refractivity contribution in [2.45, 2.75) is 26.1 Å². The molecule has 114 valence electrons. The van der Waals surface area contributed by atoms with Crippen molar-refractivity contribution in [3.8, 4) is 11.3 Å². The van der Waals surface area contributed by atoms with Gasteiger partial charge in [0.2, 0.25) is 0 Å². The topological polar surface area (TPSA) is 31.9 Å². The zero-order chi connectivity index (χ0) is 15.5. The lowest BCUT2D eigenvalue weighted by Crippen LogP contribution is -2.18. The van der Waals surface area contributed by atoms with Crippen molar-refractivity contribution in [2.24, 2.45) is 0 Å². The van der Waals surface area contributed by atoms with E-state index in [0.717, 1.165) is 36.4 Å². The van der Waals surface area contributed by atoms with Crippen LogP contribution in [0.5, 0.6) is 0 Å². The number of aromatic amines is 1. The number of nitrogens with zero attached hydrogens (tertiary/aromatic N) is 2. The summed E-state index contributed by atoms with van der Waals surface area (Å²) in [5, 5.41) is 6.88. The number of H-pyrrole nitrogens is 1. The SMILES string of the molecule is CCCN(C)Cc1cn[nH]c1-c1ccc(C(F)(F)F)cc1. The van der Waals surface area contributed by atoms with Crippen molar-refractivity contribution >= 4 is 0 Å². The van der Waals surface area contributed by atoms with Gasteiger partial charge in [-0.3, -0.25) is 5.10 Å². The Morgan fingerprint density at radius 3 is 2.43 bits per heavy atom. The monoisotopic (exact) mass is 297 g/mol. The quantitative estimate of drug-likeness (QED) is 0.906. The predicted molar refractivity (Wildman–Crippen MR) is 75.7 cm³/mol. The molecule has 1 heterocycles. The van der Waals surface area contributed by atoms with Crippen molar-refractivity contribution in [3.05, 3.63) is 41.6 Å². The van der Waals surface area contributed by atoms with Gasteiger partial charge in [-0.2, -0.15) is 18.3 Å². The predicted octanol–water partition coefficient (Wildman–Crippen LogP) is 3.94. The first-order chi connectivity index (χ1) is 9.91. The van der Waals surface area contributed by atoms with Gasteiger partial charge < -0.3 is 4.90 Å². The maximum absolute atomic E-state index is 12.6. The van der Waals surface area contributed by atoms with Crippen LogP contribution in [0.15, 0.2) is 30.5 Å². The zero-order valence-corrected chi connectivity index (χ0v) is 12.0. The lowest BCUT2D eigenvalue weighted by atomic mass is 10.1. The second-order valence-corrected chi connectivity index (χ2v) is 5.08. The number of benzene rings is 1. The van der Waals surface area contributed by atoms with Gasteiger partial charge in [-0.05, 0) is 37.7 Å². The minimum atomic E-state index is -4.31. The zero-order valence-electron chi connectivity index (χ0n) is 12.0. The van der Waals surface area contributed by atoms with Crippen LogP contribution in [-0.4, -0.2) is 28.7 Å². The number of alkyl halides is 3. The number of hydrogen-bond donors (Lipinski definition) is 1. The van der Waals surface area contributed by atoms with Crippen LogP contribution in [0.2, 0.25) is 0 Å². The van der Waals surface area contributed by atoms with Crippen LogP contribution in [0, 0.1) is 0 Å². The molecule has 0 bridgehead atoms. The average molecular weight is 297 g/mol. The van der Waals surface area contributed by atoms with Gasteiger partial charge in [0.15, 0.2) is 0 Å². The van der Waals surface area contributed by atoms with Gasteiger partial charge in [0.1, 0.15) is 0 Å². The number of halogens is 3. The highest BCUT2D eigenvalue weighted by Crippen LogP contribution is 2.31. The van der Waals surface area contributed by atoms with Crippen molar-refractivity contribution in [1.29, 1.82) is 0 Å². The lowest BCUT2D eigenvalue weighted by molar-refractivity contribution is -0.137. The number of rotatable bonds is 5. The van der Waals surface area contributed by atoms with Crippen LogP contribution >= 0.6 is 0 Å². The van der Waals surface area contributed by atoms with E-state index in [1.807, 2.05) is 7.05 Å². The summed E-state index contributed by atoms with van der Waals surface area (Å²) in [6.45, 7) is 3.76. The molecule has 6 heteroatoms. The van der Waals surface area contributed by atoms with E-state index in [1.165, 1.54) is 12.1 Å². The summed E-state index contributed by atoms with van der Waals surface area (Å²) in [7, 11) is 2.01. The highest BCUT2D eigenvalue weighted by atomic mass is 19.4. The van der Waals surface area contributed by atoms with E-state index >= 15 is 0 Å². The standard InChI is InChI=1S/C15H18F3N3/c1-3-8-21(2)10-12-9-19-20-14(12)11-4-6-13(7-5-11)15(16,17)18/h4-7,9H,3,8,10H2,1-2H3,(H,19,20). The summed E-state index contributed by atoms with van der Waals surface area (Å²) in [6, 6.07) is 5.13. The van der Waals surface area contributed by atoms with E-state index in [2.05, 4.69) is 22.0 Å². The fourth-order valence-electron chi connectivity index (χ4n) is 2.26. The van der Waals surface area contributed by atoms with Gasteiger partial charge in [-0.1, -0.05) is 19.1 Å². The molecule has 0 aliphatic carbocycles. The third-order valence-electron chi connectivity index (χ3n) is 3.26. The minimum absolute atomic E-state index is 0.643. The van der Waals surface area contributed by atoms with Crippen LogP contribution in [0.3, 0.4) is 0 Å². The van der Waals surface area contributed by atoms with Crippen molar-refractivity contribution in [2.75, 3.05) is 13.6 Å². The van der Waals surface area contributed by atoms with Gasteiger partial charge in [0.25, 0.3) is 0 Å². The van der Waals surface area contributed by atoms with Crippen LogP contribution < -0.4 is 0 Å². The molecule has 1 aromatic carbocycles. The third-order valence-corrected chi connectivity index (χ3v) is 3.26. The smallest absolute Gasteiger partial charge is 0.302 e. The molecule has 0 radical (unpaired) electrons. The molecule has 1 aromatic heterocycles. The Bertz CT molecular complexity index is 573. The molecule has 0 saturated carbocycles. The van der Waals surface area contributed by atoms with E-state index in [4.69, 9.17) is 0 Å². The molecule has 0 saturated heterocycles. The third kappa shape index (κ3) is 3.85. The Balaban J connectivity index is 2.21. The fraction of sp³-hybridized carbons (Fsp3) is 0.400. The maximum atomic E-state index is 12.6. The summed E-state index contributed by atoms with van der Waals surface area (Å²) in [4.78, 5) is 2.15. The highest BCUT2D eigenvalue weighted by molar-refractivity contribution is 5.63. The molecule has 0 aliphatic heterocycles. The highest BCUT2D eigenvalue weighted by Gasteiger charge is 2.30. The Kier molecular flexibility index (Phi) is 4.67. The van der Waals surface area contributed by atoms with Crippen molar-refractivity contribution in [3.63, 3.8) is 0 Å². The van der Waals surface area contributed by atoms with Crippen LogP contribution in [0.4, 0.5) is 13.2 Å². The van der Waals surface area contributed by atoms with E-state index in [-0.39, 0.29) is 0 Å². The molecule has 2 rings (SSSR count). The summed E-state index contributed by atoms with van der Waals surface area (Å²) >= 11 is 0. The molecular weight excluding hydrogens is 279 g/mol. The molecule has 3 nitrogen and oxygen atoms in total. The molecule has 0 unspecified atom stereocenters. The van der Waals surface area contributed by atoms with E-state index in [1.54, 1.807) is 6.20 Å². The maximum Gasteiger partial charge on any atom is 0.416 e. The number of aromatic nitrogens is 2. The Morgan fingerprint density at radius 1 is 1.19 bits per heavy atom.